The fourth-order valence-corrected chi connectivity index (χ4v) is 2.41. The number of carbonyl (C=O) groups excluding carboxylic acids is 1. The van der Waals surface area contributed by atoms with Gasteiger partial charge in [-0.3, -0.25) is 4.79 Å². The van der Waals surface area contributed by atoms with Crippen LogP contribution in [0.2, 0.25) is 5.02 Å². The van der Waals surface area contributed by atoms with Crippen molar-refractivity contribution in [3.05, 3.63) is 64.8 Å². The molecule has 2 N–H and O–H groups in total. The molecule has 0 bridgehead atoms. The number of benzene rings is 2. The SMILES string of the molecule is COc1ccc(Cl)cc1N/C=C(/C#N)C(=O)Nc1ccc(C(C)C)cc1. The summed E-state index contributed by atoms with van der Waals surface area (Å²) in [7, 11) is 1.52. The molecule has 0 saturated heterocycles. The van der Waals surface area contributed by atoms with Crippen molar-refractivity contribution in [2.24, 2.45) is 0 Å². The maximum absolute atomic E-state index is 12.3. The van der Waals surface area contributed by atoms with E-state index in [1.807, 2.05) is 30.3 Å². The van der Waals surface area contributed by atoms with Crippen molar-refractivity contribution in [2.75, 3.05) is 17.7 Å². The van der Waals surface area contributed by atoms with Crippen LogP contribution in [-0.2, 0) is 4.79 Å². The number of nitriles is 1. The number of hydrogen-bond donors (Lipinski definition) is 2. The molecule has 1 amide bonds. The first kappa shape index (κ1) is 19.4. The summed E-state index contributed by atoms with van der Waals surface area (Å²) in [4.78, 5) is 12.3. The van der Waals surface area contributed by atoms with Crippen LogP contribution in [-0.4, -0.2) is 13.0 Å². The van der Waals surface area contributed by atoms with Gasteiger partial charge in [-0.05, 0) is 41.8 Å². The fourth-order valence-electron chi connectivity index (χ4n) is 2.24. The summed E-state index contributed by atoms with van der Waals surface area (Å²) >= 11 is 5.97. The van der Waals surface area contributed by atoms with E-state index in [0.717, 1.165) is 0 Å². The second-order valence-corrected chi connectivity index (χ2v) is 6.33. The van der Waals surface area contributed by atoms with Crippen LogP contribution in [0.15, 0.2) is 54.2 Å². The van der Waals surface area contributed by atoms with Crippen LogP contribution in [0.3, 0.4) is 0 Å². The molecule has 0 aliphatic carbocycles. The highest BCUT2D eigenvalue weighted by Crippen LogP contribution is 2.27. The van der Waals surface area contributed by atoms with Crippen LogP contribution in [0.4, 0.5) is 11.4 Å². The molecule has 0 radical (unpaired) electrons. The van der Waals surface area contributed by atoms with Gasteiger partial charge in [0.05, 0.1) is 12.8 Å². The number of carbonyl (C=O) groups is 1. The number of nitrogens with zero attached hydrogens (tertiary/aromatic N) is 1. The molecule has 0 saturated carbocycles. The lowest BCUT2D eigenvalue weighted by Crippen LogP contribution is -2.14. The van der Waals surface area contributed by atoms with Crippen molar-refractivity contribution in [3.8, 4) is 11.8 Å². The van der Waals surface area contributed by atoms with Crippen LogP contribution >= 0.6 is 11.6 Å². The second kappa shape index (κ2) is 8.93. The van der Waals surface area contributed by atoms with Gasteiger partial charge in [0, 0.05) is 16.9 Å². The molecular weight excluding hydrogens is 350 g/mol. The molecule has 0 aliphatic heterocycles. The maximum Gasteiger partial charge on any atom is 0.267 e. The lowest BCUT2D eigenvalue weighted by Gasteiger charge is -2.10. The normalized spacial score (nSPS) is 11.0. The number of hydrogen-bond acceptors (Lipinski definition) is 4. The number of ether oxygens (including phenoxy) is 1. The predicted molar refractivity (Wildman–Crippen MR) is 104 cm³/mol. The van der Waals surface area contributed by atoms with Crippen molar-refractivity contribution >= 4 is 28.9 Å². The molecule has 0 fully saturated rings. The molecule has 26 heavy (non-hydrogen) atoms. The van der Waals surface area contributed by atoms with Crippen molar-refractivity contribution in [1.29, 1.82) is 5.26 Å². The predicted octanol–water partition coefficient (Wildman–Crippen LogP) is 4.93. The number of rotatable bonds is 6. The summed E-state index contributed by atoms with van der Waals surface area (Å²) < 4.78 is 5.22. The zero-order valence-electron chi connectivity index (χ0n) is 14.8. The fraction of sp³-hybridized carbons (Fsp3) is 0.200. The molecule has 2 rings (SSSR count). The molecule has 5 nitrogen and oxygen atoms in total. The van der Waals surface area contributed by atoms with E-state index in [4.69, 9.17) is 16.3 Å². The summed E-state index contributed by atoms with van der Waals surface area (Å²) in [6.07, 6.45) is 1.33. The van der Waals surface area contributed by atoms with Gasteiger partial charge in [-0.15, -0.1) is 0 Å². The third-order valence-electron chi connectivity index (χ3n) is 3.73. The number of methoxy groups -OCH3 is 1. The van der Waals surface area contributed by atoms with Crippen LogP contribution in [0.5, 0.6) is 5.75 Å². The Morgan fingerprint density at radius 3 is 2.50 bits per heavy atom. The standard InChI is InChI=1S/C20H20ClN3O2/c1-13(2)14-4-7-17(8-5-14)24-20(25)15(11-22)12-23-18-10-16(21)6-9-19(18)26-3/h4-10,12-13,23H,1-3H3,(H,24,25)/b15-12-. The van der Waals surface area contributed by atoms with Gasteiger partial charge in [0.25, 0.3) is 5.91 Å². The Hall–Kier alpha value is -2.97. The molecular formula is C20H20ClN3O2. The first-order valence-electron chi connectivity index (χ1n) is 8.06. The average molecular weight is 370 g/mol. The van der Waals surface area contributed by atoms with E-state index in [9.17, 15) is 10.1 Å². The average Bonchev–Trinajstić information content (AvgIpc) is 2.63. The first-order chi connectivity index (χ1) is 12.4. The van der Waals surface area contributed by atoms with E-state index in [2.05, 4.69) is 24.5 Å². The van der Waals surface area contributed by atoms with Gasteiger partial charge in [0.15, 0.2) is 0 Å². The van der Waals surface area contributed by atoms with Crippen LogP contribution in [0.25, 0.3) is 0 Å². The number of halogens is 1. The van der Waals surface area contributed by atoms with Gasteiger partial charge >= 0.3 is 0 Å². The molecule has 0 aliphatic rings. The van der Waals surface area contributed by atoms with Crippen molar-refractivity contribution in [3.63, 3.8) is 0 Å². The maximum atomic E-state index is 12.3. The Bertz CT molecular complexity index is 852. The Balaban J connectivity index is 2.12. The minimum absolute atomic E-state index is 0.0695. The summed E-state index contributed by atoms with van der Waals surface area (Å²) in [6, 6.07) is 14.4. The number of nitrogens with one attached hydrogen (secondary N) is 2. The van der Waals surface area contributed by atoms with E-state index < -0.39 is 5.91 Å². The van der Waals surface area contributed by atoms with Crippen LogP contribution < -0.4 is 15.4 Å². The van der Waals surface area contributed by atoms with Crippen molar-refractivity contribution in [1.82, 2.24) is 0 Å². The number of amides is 1. The highest BCUT2D eigenvalue weighted by atomic mass is 35.5. The van der Waals surface area contributed by atoms with Gasteiger partial charge in [0.1, 0.15) is 17.4 Å². The Labute approximate surface area is 158 Å². The topological polar surface area (TPSA) is 74.1 Å². The van der Waals surface area contributed by atoms with E-state index in [1.54, 1.807) is 18.2 Å². The molecule has 0 atom stereocenters. The third kappa shape index (κ3) is 5.01. The minimum atomic E-state index is -0.502. The van der Waals surface area contributed by atoms with Gasteiger partial charge < -0.3 is 15.4 Å². The van der Waals surface area contributed by atoms with E-state index in [-0.39, 0.29) is 5.57 Å². The Kier molecular flexibility index (Phi) is 6.65. The Morgan fingerprint density at radius 2 is 1.92 bits per heavy atom. The lowest BCUT2D eigenvalue weighted by molar-refractivity contribution is -0.112. The summed E-state index contributed by atoms with van der Waals surface area (Å²) in [6.45, 7) is 4.19. The van der Waals surface area contributed by atoms with Crippen LogP contribution in [0.1, 0.15) is 25.3 Å². The molecule has 0 heterocycles. The van der Waals surface area contributed by atoms with Crippen LogP contribution in [0, 0.1) is 11.3 Å². The largest absolute Gasteiger partial charge is 0.495 e. The van der Waals surface area contributed by atoms with Gasteiger partial charge in [-0.2, -0.15) is 5.26 Å². The zero-order chi connectivity index (χ0) is 19.1. The lowest BCUT2D eigenvalue weighted by atomic mass is 10.0. The quantitative estimate of drug-likeness (QED) is 0.559. The van der Waals surface area contributed by atoms with Gasteiger partial charge in [-0.1, -0.05) is 37.6 Å². The van der Waals surface area contributed by atoms with Crippen molar-refractivity contribution in [2.45, 2.75) is 19.8 Å². The molecule has 0 spiro atoms. The minimum Gasteiger partial charge on any atom is -0.495 e. The first-order valence-corrected chi connectivity index (χ1v) is 8.44. The van der Waals surface area contributed by atoms with E-state index in [1.165, 1.54) is 18.9 Å². The smallest absolute Gasteiger partial charge is 0.267 e. The molecule has 2 aromatic carbocycles. The molecule has 0 aromatic heterocycles. The number of anilines is 2. The summed E-state index contributed by atoms with van der Waals surface area (Å²) in [5.41, 5.74) is 2.29. The van der Waals surface area contributed by atoms with Gasteiger partial charge in [-0.25, -0.2) is 0 Å². The second-order valence-electron chi connectivity index (χ2n) is 5.89. The molecule has 2 aromatic rings. The Morgan fingerprint density at radius 1 is 1.23 bits per heavy atom. The monoisotopic (exact) mass is 369 g/mol. The van der Waals surface area contributed by atoms with Crippen molar-refractivity contribution < 1.29 is 9.53 Å². The van der Waals surface area contributed by atoms with E-state index >= 15 is 0 Å². The third-order valence-corrected chi connectivity index (χ3v) is 3.97. The summed E-state index contributed by atoms with van der Waals surface area (Å²) in [5.74, 6) is 0.456. The highest BCUT2D eigenvalue weighted by Gasteiger charge is 2.10. The molecule has 134 valence electrons. The molecule has 6 heteroatoms. The van der Waals surface area contributed by atoms with Gasteiger partial charge in [0.2, 0.25) is 0 Å². The highest BCUT2D eigenvalue weighted by molar-refractivity contribution is 6.31. The zero-order valence-corrected chi connectivity index (χ0v) is 15.6. The molecule has 0 unspecified atom stereocenters. The summed E-state index contributed by atoms with van der Waals surface area (Å²) in [5, 5.41) is 15.4. The van der Waals surface area contributed by atoms with E-state index in [0.29, 0.717) is 28.1 Å².